The van der Waals surface area contributed by atoms with Gasteiger partial charge in [0, 0.05) is 18.3 Å². The summed E-state index contributed by atoms with van der Waals surface area (Å²) >= 11 is 3.43. The van der Waals surface area contributed by atoms with Crippen molar-refractivity contribution in [1.29, 1.82) is 0 Å². The first-order chi connectivity index (χ1) is 8.22. The van der Waals surface area contributed by atoms with E-state index in [1.165, 1.54) is 0 Å². The van der Waals surface area contributed by atoms with Gasteiger partial charge in [0.15, 0.2) is 0 Å². The second kappa shape index (κ2) is 5.29. The summed E-state index contributed by atoms with van der Waals surface area (Å²) in [6.45, 7) is 2.41. The van der Waals surface area contributed by atoms with Gasteiger partial charge in [0.2, 0.25) is 5.88 Å². The highest BCUT2D eigenvalue weighted by atomic mass is 79.9. The second-order valence-electron chi connectivity index (χ2n) is 3.65. The molecule has 0 radical (unpaired) electrons. The summed E-state index contributed by atoms with van der Waals surface area (Å²) in [5.74, 6) is 1.31. The standard InChI is InChI=1S/C13H13BrN2O/c1-9-6-7-16-13(10(9)8-15)17-12-5-3-2-4-11(12)14/h2-7H,8,15H2,1H3. The highest BCUT2D eigenvalue weighted by molar-refractivity contribution is 9.10. The average Bonchev–Trinajstić information content (AvgIpc) is 2.32. The van der Waals surface area contributed by atoms with Gasteiger partial charge >= 0.3 is 0 Å². The summed E-state index contributed by atoms with van der Waals surface area (Å²) in [5, 5.41) is 0. The molecule has 2 aromatic rings. The summed E-state index contributed by atoms with van der Waals surface area (Å²) < 4.78 is 6.67. The van der Waals surface area contributed by atoms with Gasteiger partial charge in [-0.05, 0) is 46.6 Å². The molecule has 0 amide bonds. The molecule has 0 spiro atoms. The minimum absolute atomic E-state index is 0.416. The lowest BCUT2D eigenvalue weighted by Crippen LogP contribution is -2.03. The van der Waals surface area contributed by atoms with Crippen molar-refractivity contribution in [3.05, 3.63) is 52.1 Å². The lowest BCUT2D eigenvalue weighted by Gasteiger charge is -2.11. The quantitative estimate of drug-likeness (QED) is 0.943. The maximum absolute atomic E-state index is 5.77. The number of nitrogens with zero attached hydrogens (tertiary/aromatic N) is 1. The summed E-state index contributed by atoms with van der Waals surface area (Å²) in [6, 6.07) is 9.58. The van der Waals surface area contributed by atoms with Crippen LogP contribution in [0.1, 0.15) is 11.1 Å². The van der Waals surface area contributed by atoms with E-state index < -0.39 is 0 Å². The van der Waals surface area contributed by atoms with E-state index in [-0.39, 0.29) is 0 Å². The van der Waals surface area contributed by atoms with E-state index in [0.29, 0.717) is 12.4 Å². The monoisotopic (exact) mass is 292 g/mol. The van der Waals surface area contributed by atoms with Crippen molar-refractivity contribution in [2.75, 3.05) is 0 Å². The molecule has 2 rings (SSSR count). The molecule has 0 saturated carbocycles. The van der Waals surface area contributed by atoms with Crippen LogP contribution in [0.5, 0.6) is 11.6 Å². The number of aromatic nitrogens is 1. The zero-order valence-electron chi connectivity index (χ0n) is 9.48. The minimum atomic E-state index is 0.416. The number of hydrogen-bond donors (Lipinski definition) is 1. The normalized spacial score (nSPS) is 10.3. The van der Waals surface area contributed by atoms with E-state index in [1.54, 1.807) is 6.20 Å². The predicted molar refractivity (Wildman–Crippen MR) is 71.1 cm³/mol. The Balaban J connectivity index is 2.37. The van der Waals surface area contributed by atoms with E-state index in [9.17, 15) is 0 Å². The van der Waals surface area contributed by atoms with Gasteiger partial charge in [-0.3, -0.25) is 0 Å². The molecule has 0 aliphatic heterocycles. The molecular weight excluding hydrogens is 280 g/mol. The predicted octanol–water partition coefficient (Wildman–Crippen LogP) is 3.40. The number of benzene rings is 1. The number of para-hydroxylation sites is 1. The number of aryl methyl sites for hydroxylation is 1. The molecule has 0 saturated heterocycles. The SMILES string of the molecule is Cc1ccnc(Oc2ccccc2Br)c1CN. The van der Waals surface area contributed by atoms with Gasteiger partial charge < -0.3 is 10.5 Å². The Morgan fingerprint density at radius 3 is 2.76 bits per heavy atom. The highest BCUT2D eigenvalue weighted by Crippen LogP contribution is 2.30. The molecule has 1 aromatic carbocycles. The molecule has 0 fully saturated rings. The van der Waals surface area contributed by atoms with Gasteiger partial charge in [-0.25, -0.2) is 4.98 Å². The Morgan fingerprint density at radius 2 is 2.06 bits per heavy atom. The van der Waals surface area contributed by atoms with Crippen LogP contribution in [0.25, 0.3) is 0 Å². The van der Waals surface area contributed by atoms with Gasteiger partial charge in [-0.15, -0.1) is 0 Å². The Hall–Kier alpha value is -1.39. The maximum Gasteiger partial charge on any atom is 0.224 e. The molecule has 0 aliphatic carbocycles. The van der Waals surface area contributed by atoms with Crippen molar-refractivity contribution in [3.8, 4) is 11.6 Å². The molecule has 0 atom stereocenters. The van der Waals surface area contributed by atoms with Crippen molar-refractivity contribution in [2.24, 2.45) is 5.73 Å². The Morgan fingerprint density at radius 1 is 1.29 bits per heavy atom. The number of ether oxygens (including phenoxy) is 1. The van der Waals surface area contributed by atoms with E-state index in [4.69, 9.17) is 10.5 Å². The molecule has 88 valence electrons. The van der Waals surface area contributed by atoms with Crippen LogP contribution in [0.2, 0.25) is 0 Å². The van der Waals surface area contributed by atoms with Crippen molar-refractivity contribution < 1.29 is 4.74 Å². The molecule has 1 heterocycles. The van der Waals surface area contributed by atoms with Crippen LogP contribution in [0, 0.1) is 6.92 Å². The first-order valence-corrected chi connectivity index (χ1v) is 6.08. The molecule has 2 N–H and O–H groups in total. The van der Waals surface area contributed by atoms with Crippen molar-refractivity contribution in [1.82, 2.24) is 4.98 Å². The summed E-state index contributed by atoms with van der Waals surface area (Å²) in [4.78, 5) is 4.22. The van der Waals surface area contributed by atoms with E-state index >= 15 is 0 Å². The zero-order valence-corrected chi connectivity index (χ0v) is 11.1. The maximum atomic E-state index is 5.77. The van der Waals surface area contributed by atoms with Crippen LogP contribution in [0.3, 0.4) is 0 Å². The molecule has 4 heteroatoms. The summed E-state index contributed by atoms with van der Waals surface area (Å²) in [5.41, 5.74) is 7.73. The molecule has 1 aromatic heterocycles. The van der Waals surface area contributed by atoms with Crippen molar-refractivity contribution in [2.45, 2.75) is 13.5 Å². The second-order valence-corrected chi connectivity index (χ2v) is 4.50. The van der Waals surface area contributed by atoms with Crippen LogP contribution in [-0.4, -0.2) is 4.98 Å². The number of nitrogens with two attached hydrogens (primary N) is 1. The third-order valence-electron chi connectivity index (χ3n) is 2.50. The third kappa shape index (κ3) is 2.65. The molecule has 17 heavy (non-hydrogen) atoms. The zero-order chi connectivity index (χ0) is 12.3. The lowest BCUT2D eigenvalue weighted by molar-refractivity contribution is 0.453. The van der Waals surface area contributed by atoms with E-state index in [1.807, 2.05) is 37.3 Å². The number of rotatable bonds is 3. The van der Waals surface area contributed by atoms with Crippen molar-refractivity contribution in [3.63, 3.8) is 0 Å². The molecule has 0 bridgehead atoms. The Kier molecular flexibility index (Phi) is 3.76. The summed E-state index contributed by atoms with van der Waals surface area (Å²) in [7, 11) is 0. The fourth-order valence-electron chi connectivity index (χ4n) is 1.53. The fourth-order valence-corrected chi connectivity index (χ4v) is 1.90. The van der Waals surface area contributed by atoms with Gasteiger partial charge in [0.25, 0.3) is 0 Å². The smallest absolute Gasteiger partial charge is 0.224 e. The van der Waals surface area contributed by atoms with E-state index in [2.05, 4.69) is 20.9 Å². The van der Waals surface area contributed by atoms with E-state index in [0.717, 1.165) is 21.3 Å². The van der Waals surface area contributed by atoms with Crippen LogP contribution >= 0.6 is 15.9 Å². The lowest BCUT2D eigenvalue weighted by atomic mass is 10.1. The summed E-state index contributed by atoms with van der Waals surface area (Å²) in [6.07, 6.45) is 1.72. The molecule has 0 aliphatic rings. The van der Waals surface area contributed by atoms with Crippen molar-refractivity contribution >= 4 is 15.9 Å². The number of halogens is 1. The molecular formula is C13H13BrN2O. The van der Waals surface area contributed by atoms with Crippen LogP contribution < -0.4 is 10.5 Å². The number of pyridine rings is 1. The molecule has 0 unspecified atom stereocenters. The Bertz CT molecular complexity index is 529. The Labute approximate surface area is 109 Å². The van der Waals surface area contributed by atoms with Gasteiger partial charge in [0.05, 0.1) is 4.47 Å². The fraction of sp³-hybridized carbons (Fsp3) is 0.154. The van der Waals surface area contributed by atoms with Gasteiger partial charge in [-0.1, -0.05) is 12.1 Å². The number of hydrogen-bond acceptors (Lipinski definition) is 3. The average molecular weight is 293 g/mol. The van der Waals surface area contributed by atoms with Gasteiger partial charge in [0.1, 0.15) is 5.75 Å². The highest BCUT2D eigenvalue weighted by Gasteiger charge is 2.09. The first-order valence-electron chi connectivity index (χ1n) is 5.29. The van der Waals surface area contributed by atoms with Crippen LogP contribution in [0.15, 0.2) is 41.0 Å². The topological polar surface area (TPSA) is 48.1 Å². The largest absolute Gasteiger partial charge is 0.437 e. The minimum Gasteiger partial charge on any atom is -0.437 e. The molecule has 3 nitrogen and oxygen atoms in total. The van der Waals surface area contributed by atoms with Crippen LogP contribution in [0.4, 0.5) is 0 Å². The van der Waals surface area contributed by atoms with Gasteiger partial charge in [-0.2, -0.15) is 0 Å². The third-order valence-corrected chi connectivity index (χ3v) is 3.15. The first kappa shape index (κ1) is 12.1. The van der Waals surface area contributed by atoms with Crippen LogP contribution in [-0.2, 0) is 6.54 Å².